The number of hydrogen-bond donors (Lipinski definition) is 4. The molecule has 19 heteroatoms. The molecule has 0 radical (unpaired) electrons. The Bertz CT molecular complexity index is 2420. The number of amides is 6. The minimum Gasteiger partial charge on any atom is -0.382 e. The average molecular weight is 818 g/mol. The van der Waals surface area contributed by atoms with Crippen molar-refractivity contribution in [1.82, 2.24) is 40.2 Å². The predicted octanol–water partition coefficient (Wildman–Crippen LogP) is 1.77. The van der Waals surface area contributed by atoms with Crippen LogP contribution in [0.4, 0.5) is 11.4 Å². The normalized spacial score (nSPS) is 19.7. The van der Waals surface area contributed by atoms with Crippen molar-refractivity contribution in [2.45, 2.75) is 56.7 Å². The van der Waals surface area contributed by atoms with Gasteiger partial charge in [-0.05, 0) is 50.3 Å². The second-order valence-corrected chi connectivity index (χ2v) is 15.2. The van der Waals surface area contributed by atoms with E-state index in [1.54, 1.807) is 47.1 Å². The zero-order valence-electron chi connectivity index (χ0n) is 32.8. The number of nitrogens with zero attached hydrogens (tertiary/aromatic N) is 7. The Labute approximate surface area is 343 Å². The van der Waals surface area contributed by atoms with Crippen LogP contribution in [0.1, 0.15) is 75.2 Å². The van der Waals surface area contributed by atoms with Crippen molar-refractivity contribution in [3.8, 4) is 11.9 Å². The molecule has 310 valence electrons. The minimum atomic E-state index is -1.04. The number of benzene rings is 1. The first kappa shape index (κ1) is 40.0. The van der Waals surface area contributed by atoms with Crippen LogP contribution in [0.15, 0.2) is 48.9 Å². The molecular formula is C41H43N11O8. The molecular weight excluding hydrogens is 775 g/mol. The predicted molar refractivity (Wildman–Crippen MR) is 213 cm³/mol. The maximum absolute atomic E-state index is 13.4. The summed E-state index contributed by atoms with van der Waals surface area (Å²) in [4.78, 5) is 88.2. The topological polar surface area (TPSA) is 243 Å². The van der Waals surface area contributed by atoms with Crippen LogP contribution in [-0.4, -0.2) is 130 Å². The molecule has 1 unspecified atom stereocenters. The number of piperidine rings is 1. The quantitative estimate of drug-likeness (QED) is 0.0878. The van der Waals surface area contributed by atoms with E-state index in [1.165, 1.54) is 18.5 Å². The van der Waals surface area contributed by atoms with E-state index in [9.17, 15) is 34.0 Å². The van der Waals surface area contributed by atoms with E-state index in [0.717, 1.165) is 17.7 Å². The van der Waals surface area contributed by atoms with Gasteiger partial charge in [0.1, 0.15) is 12.1 Å². The number of likely N-dealkylation sites (N-methyl/N-ethyl adjacent to an activating group) is 1. The average Bonchev–Trinajstić information content (AvgIpc) is 3.89. The molecule has 60 heavy (non-hydrogen) atoms. The first-order chi connectivity index (χ1) is 29.1. The fourth-order valence-corrected chi connectivity index (χ4v) is 7.52. The first-order valence-corrected chi connectivity index (χ1v) is 19.9. The molecule has 1 aromatic carbocycles. The summed E-state index contributed by atoms with van der Waals surface area (Å²) in [6.45, 7) is 1.94. The lowest BCUT2D eigenvalue weighted by molar-refractivity contribution is -0.138. The van der Waals surface area contributed by atoms with Gasteiger partial charge in [0.15, 0.2) is 11.5 Å². The van der Waals surface area contributed by atoms with E-state index in [0.29, 0.717) is 85.1 Å². The van der Waals surface area contributed by atoms with Crippen LogP contribution in [-0.2, 0) is 23.9 Å². The number of nitriles is 1. The molecule has 2 saturated carbocycles. The second kappa shape index (κ2) is 17.2. The summed E-state index contributed by atoms with van der Waals surface area (Å²) in [5.74, 6) is -2.25. The number of carbonyl (C=O) groups excluding carboxylic acids is 6. The highest BCUT2D eigenvalue weighted by atomic mass is 16.5. The summed E-state index contributed by atoms with van der Waals surface area (Å²) in [6.07, 6.45) is 7.81. The molecule has 0 bridgehead atoms. The van der Waals surface area contributed by atoms with Gasteiger partial charge < -0.3 is 30.3 Å². The van der Waals surface area contributed by atoms with Gasteiger partial charge in [-0.25, -0.2) is 9.97 Å². The van der Waals surface area contributed by atoms with Crippen molar-refractivity contribution < 1.29 is 38.2 Å². The summed E-state index contributed by atoms with van der Waals surface area (Å²) in [7, 11) is 1.73. The monoisotopic (exact) mass is 817 g/mol. The summed E-state index contributed by atoms with van der Waals surface area (Å²) in [6, 6.07) is 9.51. The standard InChI is InChI=1S/C41H43N11O8/c1-50(10-12-60-14-13-59-11-9-43-30-4-2-3-28-35(30)41(58)51(40(28)57)32-7-8-34(53)49-38(32)55)39(56)24-16-27(17-24)48-37(54)29-22-44-33(18-31(29)47-26-5-6-26)52-36-25(21-46-52)15-23(19-42)20-45-36/h2-4,15,18,20-22,24,26-27,32,43H,5-14,16-17H2,1H3,(H,44,47)(H,48,54)(H,49,53,55). The SMILES string of the molecule is CN(CCOCCOCCNc1cccc2c1C(=O)N(C1CCC(=O)NC1=O)C2=O)C(=O)C1CC(NC(=O)c2cnc(-n3ncc4cc(C#N)cnc43)cc2NC2CC2)C1. The Balaban J connectivity index is 0.727. The molecule has 4 aliphatic rings. The summed E-state index contributed by atoms with van der Waals surface area (Å²) >= 11 is 0. The third-order valence-corrected chi connectivity index (χ3v) is 11.0. The lowest BCUT2D eigenvalue weighted by atomic mass is 9.79. The molecule has 0 spiro atoms. The number of aromatic nitrogens is 4. The first-order valence-electron chi connectivity index (χ1n) is 19.9. The lowest BCUT2D eigenvalue weighted by Gasteiger charge is -2.37. The number of nitrogens with one attached hydrogen (secondary N) is 4. The highest BCUT2D eigenvalue weighted by Crippen LogP contribution is 2.33. The van der Waals surface area contributed by atoms with Gasteiger partial charge in [-0.15, -0.1) is 0 Å². The van der Waals surface area contributed by atoms with Gasteiger partial charge in [-0.2, -0.15) is 15.0 Å². The number of carbonyl (C=O) groups is 6. The molecule has 4 aromatic rings. The number of hydrogen-bond acceptors (Lipinski definition) is 14. The lowest BCUT2D eigenvalue weighted by Crippen LogP contribution is -2.54. The van der Waals surface area contributed by atoms with Crippen molar-refractivity contribution in [2.75, 3.05) is 57.2 Å². The minimum absolute atomic E-state index is 0.0108. The van der Waals surface area contributed by atoms with E-state index in [2.05, 4.69) is 42.4 Å². The van der Waals surface area contributed by atoms with Crippen LogP contribution in [0.25, 0.3) is 16.9 Å². The summed E-state index contributed by atoms with van der Waals surface area (Å²) in [5.41, 5.74) is 2.84. The molecule has 8 rings (SSSR count). The van der Waals surface area contributed by atoms with Crippen molar-refractivity contribution in [3.63, 3.8) is 0 Å². The molecule has 2 aliphatic heterocycles. The third-order valence-electron chi connectivity index (χ3n) is 11.0. The maximum Gasteiger partial charge on any atom is 0.264 e. The van der Waals surface area contributed by atoms with Crippen LogP contribution in [0.3, 0.4) is 0 Å². The van der Waals surface area contributed by atoms with Crippen LogP contribution >= 0.6 is 0 Å². The third kappa shape index (κ3) is 8.37. The van der Waals surface area contributed by atoms with E-state index in [1.807, 2.05) is 0 Å². The van der Waals surface area contributed by atoms with E-state index in [4.69, 9.17) is 9.47 Å². The molecule has 3 fully saturated rings. The molecule has 6 amide bonds. The van der Waals surface area contributed by atoms with Gasteiger partial charge in [0.2, 0.25) is 17.7 Å². The Morgan fingerprint density at radius 2 is 1.75 bits per heavy atom. The molecule has 2 aliphatic carbocycles. The summed E-state index contributed by atoms with van der Waals surface area (Å²) < 4.78 is 12.9. The van der Waals surface area contributed by atoms with Crippen LogP contribution < -0.4 is 21.3 Å². The van der Waals surface area contributed by atoms with Crippen molar-refractivity contribution in [3.05, 3.63) is 71.2 Å². The smallest absolute Gasteiger partial charge is 0.264 e. The number of anilines is 2. The Kier molecular flexibility index (Phi) is 11.5. The van der Waals surface area contributed by atoms with Crippen molar-refractivity contribution >= 4 is 57.9 Å². The molecule has 1 saturated heterocycles. The number of ether oxygens (including phenoxy) is 2. The van der Waals surface area contributed by atoms with E-state index < -0.39 is 29.7 Å². The number of imide groups is 2. The van der Waals surface area contributed by atoms with Gasteiger partial charge in [0.05, 0.1) is 60.6 Å². The fraction of sp³-hybridized carbons (Fsp3) is 0.415. The highest BCUT2D eigenvalue weighted by molar-refractivity contribution is 6.25. The van der Waals surface area contributed by atoms with Gasteiger partial charge in [-0.1, -0.05) is 6.07 Å². The fourth-order valence-electron chi connectivity index (χ4n) is 7.52. The number of pyridine rings is 2. The Morgan fingerprint density at radius 3 is 2.52 bits per heavy atom. The second-order valence-electron chi connectivity index (χ2n) is 15.2. The van der Waals surface area contributed by atoms with Gasteiger partial charge in [0.25, 0.3) is 17.7 Å². The van der Waals surface area contributed by atoms with Gasteiger partial charge in [-0.3, -0.25) is 39.0 Å². The van der Waals surface area contributed by atoms with E-state index >= 15 is 0 Å². The maximum atomic E-state index is 13.4. The highest BCUT2D eigenvalue weighted by Gasteiger charge is 2.45. The van der Waals surface area contributed by atoms with Crippen molar-refractivity contribution in [1.29, 1.82) is 5.26 Å². The molecule has 1 atom stereocenters. The van der Waals surface area contributed by atoms with Crippen LogP contribution in [0, 0.1) is 17.2 Å². The molecule has 19 nitrogen and oxygen atoms in total. The molecule has 5 heterocycles. The zero-order valence-corrected chi connectivity index (χ0v) is 32.8. The van der Waals surface area contributed by atoms with Crippen LogP contribution in [0.2, 0.25) is 0 Å². The van der Waals surface area contributed by atoms with Crippen molar-refractivity contribution in [2.24, 2.45) is 5.92 Å². The Hall–Kier alpha value is -6.78. The summed E-state index contributed by atoms with van der Waals surface area (Å²) in [5, 5.41) is 26.1. The van der Waals surface area contributed by atoms with E-state index in [-0.39, 0.29) is 60.4 Å². The number of fused-ring (bicyclic) bond motifs is 2. The zero-order chi connectivity index (χ0) is 41.9. The molecule has 4 N–H and O–H groups in total. The number of rotatable bonds is 17. The van der Waals surface area contributed by atoms with Crippen LogP contribution in [0.5, 0.6) is 0 Å². The van der Waals surface area contributed by atoms with Gasteiger partial charge >= 0.3 is 0 Å². The van der Waals surface area contributed by atoms with Gasteiger partial charge in [0, 0.05) is 74.1 Å². The Morgan fingerprint density at radius 1 is 0.950 bits per heavy atom. The largest absolute Gasteiger partial charge is 0.382 e. The molecule has 3 aromatic heterocycles.